The zero-order valence-electron chi connectivity index (χ0n) is 12.1. The summed E-state index contributed by atoms with van der Waals surface area (Å²) < 4.78 is 5.60. The molecule has 0 aromatic heterocycles. The Balaban J connectivity index is 1.57. The van der Waals surface area contributed by atoms with Gasteiger partial charge in [0.1, 0.15) is 12.3 Å². The highest BCUT2D eigenvalue weighted by atomic mass is 32.2. The summed E-state index contributed by atoms with van der Waals surface area (Å²) in [6, 6.07) is 7.87. The summed E-state index contributed by atoms with van der Waals surface area (Å²) in [4.78, 5) is 24.6. The first-order chi connectivity index (χ1) is 10.1. The molecule has 1 aliphatic heterocycles. The van der Waals surface area contributed by atoms with Gasteiger partial charge in [-0.2, -0.15) is 0 Å². The second-order valence-corrected chi connectivity index (χ2v) is 5.95. The fourth-order valence-electron chi connectivity index (χ4n) is 1.99. The minimum Gasteiger partial charge on any atom is -0.494 e. The summed E-state index contributed by atoms with van der Waals surface area (Å²) in [6.07, 6.45) is 0.738. The fraction of sp³-hybridized carbons (Fsp3) is 0.467. The molecule has 0 radical (unpaired) electrons. The van der Waals surface area contributed by atoms with Crippen LogP contribution in [0.3, 0.4) is 0 Å². The molecular weight excluding hydrogens is 288 g/mol. The van der Waals surface area contributed by atoms with Crippen LogP contribution in [0.25, 0.3) is 0 Å². The maximum Gasteiger partial charge on any atom is 0.282 e. The third kappa shape index (κ3) is 5.30. The molecule has 0 bridgehead atoms. The van der Waals surface area contributed by atoms with Gasteiger partial charge in [-0.1, -0.05) is 23.9 Å². The van der Waals surface area contributed by atoms with Crippen LogP contribution in [0.4, 0.5) is 4.79 Å². The summed E-state index contributed by atoms with van der Waals surface area (Å²) in [7, 11) is 0. The van der Waals surface area contributed by atoms with E-state index in [1.165, 1.54) is 11.8 Å². The van der Waals surface area contributed by atoms with Crippen LogP contribution in [0.1, 0.15) is 12.0 Å². The van der Waals surface area contributed by atoms with Crippen molar-refractivity contribution in [2.24, 2.45) is 0 Å². The highest BCUT2D eigenvalue weighted by Crippen LogP contribution is 2.16. The zero-order chi connectivity index (χ0) is 15.1. The molecule has 1 aliphatic rings. The van der Waals surface area contributed by atoms with Crippen LogP contribution in [0.15, 0.2) is 24.3 Å². The van der Waals surface area contributed by atoms with Gasteiger partial charge >= 0.3 is 0 Å². The zero-order valence-corrected chi connectivity index (χ0v) is 12.9. The Morgan fingerprint density at radius 2 is 2.33 bits per heavy atom. The number of hydrogen-bond donors (Lipinski definition) is 1. The minimum absolute atomic E-state index is 0.00655. The second-order valence-electron chi connectivity index (χ2n) is 4.90. The first kappa shape index (κ1) is 15.7. The van der Waals surface area contributed by atoms with E-state index in [1.807, 2.05) is 31.2 Å². The molecule has 21 heavy (non-hydrogen) atoms. The van der Waals surface area contributed by atoms with Crippen LogP contribution in [0.2, 0.25) is 0 Å². The third-order valence-corrected chi connectivity index (χ3v) is 3.97. The molecule has 1 aromatic carbocycles. The van der Waals surface area contributed by atoms with E-state index >= 15 is 0 Å². The van der Waals surface area contributed by atoms with Gasteiger partial charge in [-0.3, -0.25) is 9.59 Å². The smallest absolute Gasteiger partial charge is 0.282 e. The Morgan fingerprint density at radius 3 is 3.05 bits per heavy atom. The van der Waals surface area contributed by atoms with E-state index < -0.39 is 0 Å². The third-order valence-electron chi connectivity index (χ3n) is 3.08. The molecule has 0 aliphatic carbocycles. The van der Waals surface area contributed by atoms with E-state index in [0.717, 1.165) is 23.5 Å². The van der Waals surface area contributed by atoms with Crippen molar-refractivity contribution in [1.29, 1.82) is 0 Å². The van der Waals surface area contributed by atoms with E-state index in [4.69, 9.17) is 4.74 Å². The molecular formula is C15H20N2O3S. The molecule has 114 valence electrons. The number of amides is 2. The van der Waals surface area contributed by atoms with Crippen LogP contribution < -0.4 is 10.1 Å². The van der Waals surface area contributed by atoms with E-state index in [2.05, 4.69) is 5.32 Å². The van der Waals surface area contributed by atoms with Crippen molar-refractivity contribution < 1.29 is 14.3 Å². The van der Waals surface area contributed by atoms with Crippen molar-refractivity contribution >= 4 is 22.9 Å². The Labute approximate surface area is 129 Å². The second kappa shape index (κ2) is 7.93. The van der Waals surface area contributed by atoms with E-state index in [1.54, 1.807) is 4.90 Å². The molecule has 0 atom stereocenters. The molecule has 2 amide bonds. The maximum absolute atomic E-state index is 11.7. The fourth-order valence-corrected chi connectivity index (χ4v) is 2.82. The Morgan fingerprint density at radius 1 is 1.48 bits per heavy atom. The molecule has 1 fully saturated rings. The number of carbonyl (C=O) groups is 2. The quantitative estimate of drug-likeness (QED) is 0.783. The predicted molar refractivity (Wildman–Crippen MR) is 83.7 cm³/mol. The number of ether oxygens (including phenoxy) is 1. The summed E-state index contributed by atoms with van der Waals surface area (Å²) in [5.74, 6) is 1.51. The van der Waals surface area contributed by atoms with Gasteiger partial charge in [0.05, 0.1) is 6.61 Å². The number of thioether (sulfide) groups is 1. The van der Waals surface area contributed by atoms with E-state index in [-0.39, 0.29) is 17.7 Å². The molecule has 0 saturated carbocycles. The molecule has 0 unspecified atom stereocenters. The number of hydrogen-bond acceptors (Lipinski definition) is 4. The van der Waals surface area contributed by atoms with Crippen molar-refractivity contribution in [3.63, 3.8) is 0 Å². The van der Waals surface area contributed by atoms with Crippen molar-refractivity contribution in [3.8, 4) is 5.75 Å². The topological polar surface area (TPSA) is 58.6 Å². The van der Waals surface area contributed by atoms with Gasteiger partial charge in [0, 0.05) is 18.8 Å². The van der Waals surface area contributed by atoms with E-state index in [0.29, 0.717) is 19.7 Å². The number of nitrogens with zero attached hydrogens (tertiary/aromatic N) is 1. The van der Waals surface area contributed by atoms with Gasteiger partial charge in [-0.15, -0.1) is 0 Å². The average molecular weight is 308 g/mol. The first-order valence-electron chi connectivity index (χ1n) is 7.03. The molecule has 1 aromatic rings. The minimum atomic E-state index is -0.110. The largest absolute Gasteiger partial charge is 0.494 e. The SMILES string of the molecule is Cc1cccc(OCCCNC(=O)CN2CCSC2=O)c1. The molecule has 6 heteroatoms. The lowest BCUT2D eigenvalue weighted by molar-refractivity contribution is -0.121. The molecule has 1 heterocycles. The highest BCUT2D eigenvalue weighted by Gasteiger charge is 2.22. The molecule has 0 spiro atoms. The Kier molecular flexibility index (Phi) is 5.92. The van der Waals surface area contributed by atoms with Gasteiger partial charge in [0.2, 0.25) is 5.91 Å². The Bertz CT molecular complexity index is 507. The summed E-state index contributed by atoms with van der Waals surface area (Å²) >= 11 is 1.27. The Hall–Kier alpha value is -1.69. The maximum atomic E-state index is 11.7. The number of aryl methyl sites for hydroxylation is 1. The molecule has 2 rings (SSSR count). The monoisotopic (exact) mass is 308 g/mol. The van der Waals surface area contributed by atoms with Gasteiger partial charge in [-0.25, -0.2) is 0 Å². The lowest BCUT2D eigenvalue weighted by Gasteiger charge is -2.14. The summed E-state index contributed by atoms with van der Waals surface area (Å²) in [5.41, 5.74) is 1.16. The van der Waals surface area contributed by atoms with Crippen molar-refractivity contribution in [3.05, 3.63) is 29.8 Å². The van der Waals surface area contributed by atoms with Gasteiger partial charge in [0.15, 0.2) is 0 Å². The van der Waals surface area contributed by atoms with Crippen LogP contribution >= 0.6 is 11.8 Å². The normalized spacial score (nSPS) is 14.3. The number of benzene rings is 1. The van der Waals surface area contributed by atoms with Crippen LogP contribution in [-0.4, -0.2) is 48.0 Å². The average Bonchev–Trinajstić information content (AvgIpc) is 2.84. The predicted octanol–water partition coefficient (Wildman–Crippen LogP) is 2.05. The van der Waals surface area contributed by atoms with Crippen LogP contribution in [-0.2, 0) is 4.79 Å². The van der Waals surface area contributed by atoms with Crippen molar-refractivity contribution in [1.82, 2.24) is 10.2 Å². The number of carbonyl (C=O) groups excluding carboxylic acids is 2. The summed E-state index contributed by atoms with van der Waals surface area (Å²) in [6.45, 7) is 3.95. The van der Waals surface area contributed by atoms with Crippen molar-refractivity contribution in [2.45, 2.75) is 13.3 Å². The first-order valence-corrected chi connectivity index (χ1v) is 8.01. The van der Waals surface area contributed by atoms with Gasteiger partial charge in [-0.05, 0) is 31.0 Å². The lowest BCUT2D eigenvalue weighted by atomic mass is 10.2. The highest BCUT2D eigenvalue weighted by molar-refractivity contribution is 8.13. The molecule has 1 N–H and O–H groups in total. The van der Waals surface area contributed by atoms with Crippen LogP contribution in [0, 0.1) is 6.92 Å². The number of rotatable bonds is 7. The van der Waals surface area contributed by atoms with Crippen molar-refractivity contribution in [2.75, 3.05) is 32.0 Å². The van der Waals surface area contributed by atoms with Crippen LogP contribution in [0.5, 0.6) is 5.75 Å². The summed E-state index contributed by atoms with van der Waals surface area (Å²) in [5, 5.41) is 2.80. The van der Waals surface area contributed by atoms with E-state index in [9.17, 15) is 9.59 Å². The van der Waals surface area contributed by atoms with Gasteiger partial charge < -0.3 is 15.0 Å². The molecule has 5 nitrogen and oxygen atoms in total. The standard InChI is InChI=1S/C15H20N2O3S/c1-12-4-2-5-13(10-12)20-8-3-6-16-14(18)11-17-7-9-21-15(17)19/h2,4-5,10H,3,6-9,11H2,1H3,(H,16,18). The van der Waals surface area contributed by atoms with Gasteiger partial charge in [0.25, 0.3) is 5.24 Å². The lowest BCUT2D eigenvalue weighted by Crippen LogP contribution is -2.37. The molecule has 1 saturated heterocycles. The number of nitrogens with one attached hydrogen (secondary N) is 1.